The highest BCUT2D eigenvalue weighted by molar-refractivity contribution is 5.68. The first-order valence-electron chi connectivity index (χ1n) is 7.17. The molecule has 0 spiro atoms. The number of nitrogens with one attached hydrogen (secondary N) is 1. The third-order valence-corrected chi connectivity index (χ3v) is 3.14. The van der Waals surface area contributed by atoms with Crippen LogP contribution < -0.4 is 10.2 Å². The molecule has 122 valence electrons. The van der Waals surface area contributed by atoms with Crippen molar-refractivity contribution in [2.45, 2.75) is 44.8 Å². The predicted molar refractivity (Wildman–Crippen MR) is 79.2 cm³/mol. The topological polar surface area (TPSA) is 54.5 Å². The van der Waals surface area contributed by atoms with Gasteiger partial charge >= 0.3 is 6.09 Å². The van der Waals surface area contributed by atoms with Crippen LogP contribution >= 0.6 is 0 Å². The van der Waals surface area contributed by atoms with Gasteiger partial charge in [0.1, 0.15) is 5.60 Å². The zero-order chi connectivity index (χ0) is 16.4. The van der Waals surface area contributed by atoms with Gasteiger partial charge in [0, 0.05) is 19.2 Å². The summed E-state index contributed by atoms with van der Waals surface area (Å²) in [4.78, 5) is 17.2. The number of carbonyl (C=O) groups is 1. The van der Waals surface area contributed by atoms with Gasteiger partial charge in [0.2, 0.25) is 0 Å². The van der Waals surface area contributed by atoms with E-state index in [0.29, 0.717) is 12.2 Å². The van der Waals surface area contributed by atoms with Crippen molar-refractivity contribution in [3.63, 3.8) is 0 Å². The lowest BCUT2D eigenvalue weighted by molar-refractivity contribution is -0.0229. The molecule has 1 N–H and O–H groups in total. The number of ether oxygens (including phenoxy) is 1. The summed E-state index contributed by atoms with van der Waals surface area (Å²) in [6.45, 7) is 5.09. The van der Waals surface area contributed by atoms with Crippen LogP contribution in [0.4, 0.5) is 19.3 Å². The molecular formula is C15H21F2N3O2. The number of pyridine rings is 1. The van der Waals surface area contributed by atoms with Crippen molar-refractivity contribution in [3.05, 3.63) is 24.5 Å². The Morgan fingerprint density at radius 3 is 2.82 bits per heavy atom. The minimum absolute atomic E-state index is 0.292. The molecule has 1 aliphatic heterocycles. The zero-order valence-electron chi connectivity index (χ0n) is 13.0. The Bertz CT molecular complexity index is 517. The molecule has 1 unspecified atom stereocenters. The molecule has 1 fully saturated rings. The van der Waals surface area contributed by atoms with Crippen molar-refractivity contribution in [3.8, 4) is 0 Å². The smallest absolute Gasteiger partial charge is 0.407 e. The Hall–Kier alpha value is -1.92. The molecule has 0 radical (unpaired) electrons. The maximum atomic E-state index is 13.9. The fourth-order valence-electron chi connectivity index (χ4n) is 2.41. The first-order valence-corrected chi connectivity index (χ1v) is 7.17. The van der Waals surface area contributed by atoms with Crippen molar-refractivity contribution in [1.82, 2.24) is 10.3 Å². The van der Waals surface area contributed by atoms with Crippen LogP contribution in [0, 0.1) is 0 Å². The van der Waals surface area contributed by atoms with Crippen molar-refractivity contribution in [1.29, 1.82) is 0 Å². The number of alkyl halides is 2. The van der Waals surface area contributed by atoms with E-state index in [1.54, 1.807) is 39.1 Å². The Balaban J connectivity index is 2.04. The van der Waals surface area contributed by atoms with Gasteiger partial charge in [0.25, 0.3) is 5.92 Å². The molecule has 0 aromatic carbocycles. The number of alkyl carbamates (subject to hydrolysis) is 1. The largest absolute Gasteiger partial charge is 0.444 e. The van der Waals surface area contributed by atoms with Gasteiger partial charge in [-0.3, -0.25) is 4.98 Å². The lowest BCUT2D eigenvalue weighted by Crippen LogP contribution is -2.55. The molecule has 1 aliphatic rings. The molecule has 22 heavy (non-hydrogen) atoms. The average molecular weight is 313 g/mol. The summed E-state index contributed by atoms with van der Waals surface area (Å²) < 4.78 is 33.0. The Morgan fingerprint density at radius 2 is 2.23 bits per heavy atom. The Labute approximate surface area is 128 Å². The summed E-state index contributed by atoms with van der Waals surface area (Å²) in [5, 5.41) is 2.53. The quantitative estimate of drug-likeness (QED) is 0.912. The van der Waals surface area contributed by atoms with E-state index in [4.69, 9.17) is 4.74 Å². The molecule has 0 bridgehead atoms. The van der Waals surface area contributed by atoms with Gasteiger partial charge < -0.3 is 15.0 Å². The summed E-state index contributed by atoms with van der Waals surface area (Å²) in [7, 11) is 0. The summed E-state index contributed by atoms with van der Waals surface area (Å²) >= 11 is 0. The number of halogens is 2. The minimum atomic E-state index is -2.88. The molecule has 1 aromatic heterocycles. The van der Waals surface area contributed by atoms with E-state index in [1.807, 2.05) is 0 Å². The summed E-state index contributed by atoms with van der Waals surface area (Å²) in [5.74, 6) is -2.88. The van der Waals surface area contributed by atoms with Gasteiger partial charge in [0.15, 0.2) is 0 Å². The molecule has 1 amide bonds. The summed E-state index contributed by atoms with van der Waals surface area (Å²) in [6.07, 6.45) is 2.04. The molecule has 7 heteroatoms. The summed E-state index contributed by atoms with van der Waals surface area (Å²) in [6, 6.07) is 2.73. The van der Waals surface area contributed by atoms with Crippen molar-refractivity contribution in [2.24, 2.45) is 0 Å². The highest BCUT2D eigenvalue weighted by atomic mass is 19.3. The van der Waals surface area contributed by atoms with E-state index in [2.05, 4.69) is 10.3 Å². The van der Waals surface area contributed by atoms with Gasteiger partial charge in [0.05, 0.1) is 24.5 Å². The van der Waals surface area contributed by atoms with Crippen LogP contribution in [-0.4, -0.2) is 41.7 Å². The maximum absolute atomic E-state index is 13.9. The van der Waals surface area contributed by atoms with Crippen LogP contribution in [0.3, 0.4) is 0 Å². The molecule has 0 aliphatic carbocycles. The van der Waals surface area contributed by atoms with Gasteiger partial charge in [-0.2, -0.15) is 0 Å². The van der Waals surface area contributed by atoms with E-state index in [-0.39, 0.29) is 6.54 Å². The number of carbonyl (C=O) groups excluding carboxylic acids is 1. The van der Waals surface area contributed by atoms with Crippen LogP contribution in [-0.2, 0) is 4.74 Å². The standard InChI is InChI=1S/C15H21F2N3O2/c1-14(2,3)22-13(21)19-11-7-15(16,17)10-20(9-11)12-5-4-6-18-8-12/h4-6,8,11H,7,9-10H2,1-3H3,(H,19,21). The van der Waals surface area contributed by atoms with E-state index in [1.165, 1.54) is 11.1 Å². The molecule has 2 heterocycles. The predicted octanol–water partition coefficient (Wildman–Crippen LogP) is 2.82. The zero-order valence-corrected chi connectivity index (χ0v) is 13.0. The van der Waals surface area contributed by atoms with Crippen LogP contribution in [0.2, 0.25) is 0 Å². The highest BCUT2D eigenvalue weighted by Gasteiger charge is 2.41. The number of aromatic nitrogens is 1. The monoisotopic (exact) mass is 313 g/mol. The third kappa shape index (κ3) is 4.82. The third-order valence-electron chi connectivity index (χ3n) is 3.14. The van der Waals surface area contributed by atoms with Crippen molar-refractivity contribution >= 4 is 11.8 Å². The number of hydrogen-bond donors (Lipinski definition) is 1. The lowest BCUT2D eigenvalue weighted by atomic mass is 10.0. The fraction of sp³-hybridized carbons (Fsp3) is 0.600. The summed E-state index contributed by atoms with van der Waals surface area (Å²) in [5.41, 5.74) is -0.0533. The lowest BCUT2D eigenvalue weighted by Gasteiger charge is -2.39. The molecule has 1 saturated heterocycles. The van der Waals surface area contributed by atoms with E-state index < -0.39 is 30.1 Å². The van der Waals surface area contributed by atoms with Gasteiger partial charge in [-0.05, 0) is 32.9 Å². The molecule has 2 rings (SSSR count). The first kappa shape index (κ1) is 16.5. The SMILES string of the molecule is CC(C)(C)OC(=O)NC1CN(c2cccnc2)CC(F)(F)C1. The second kappa shape index (κ2) is 6.06. The number of piperidine rings is 1. The minimum Gasteiger partial charge on any atom is -0.444 e. The number of rotatable bonds is 2. The molecular weight excluding hydrogens is 292 g/mol. The van der Waals surface area contributed by atoms with Gasteiger partial charge in [-0.1, -0.05) is 0 Å². The second-order valence-corrected chi connectivity index (χ2v) is 6.49. The molecule has 0 saturated carbocycles. The number of anilines is 1. The second-order valence-electron chi connectivity index (χ2n) is 6.49. The number of nitrogens with zero attached hydrogens (tertiary/aromatic N) is 2. The molecule has 1 atom stereocenters. The van der Waals surface area contributed by atoms with Crippen LogP contribution in [0.1, 0.15) is 27.2 Å². The van der Waals surface area contributed by atoms with E-state index >= 15 is 0 Å². The van der Waals surface area contributed by atoms with Crippen molar-refractivity contribution < 1.29 is 18.3 Å². The normalized spacial score (nSPS) is 21.3. The highest BCUT2D eigenvalue weighted by Crippen LogP contribution is 2.30. The van der Waals surface area contributed by atoms with Gasteiger partial charge in [-0.25, -0.2) is 13.6 Å². The average Bonchev–Trinajstić information content (AvgIpc) is 2.35. The fourth-order valence-corrected chi connectivity index (χ4v) is 2.41. The van der Waals surface area contributed by atoms with E-state index in [9.17, 15) is 13.6 Å². The van der Waals surface area contributed by atoms with E-state index in [0.717, 1.165) is 0 Å². The number of amides is 1. The van der Waals surface area contributed by atoms with Crippen LogP contribution in [0.25, 0.3) is 0 Å². The Morgan fingerprint density at radius 1 is 1.50 bits per heavy atom. The number of hydrogen-bond acceptors (Lipinski definition) is 4. The maximum Gasteiger partial charge on any atom is 0.407 e. The molecule has 1 aromatic rings. The first-order chi connectivity index (χ1) is 10.1. The molecule has 5 nitrogen and oxygen atoms in total. The van der Waals surface area contributed by atoms with Crippen LogP contribution in [0.15, 0.2) is 24.5 Å². The Kier molecular flexibility index (Phi) is 4.53. The van der Waals surface area contributed by atoms with Crippen molar-refractivity contribution in [2.75, 3.05) is 18.0 Å². The van der Waals surface area contributed by atoms with Crippen LogP contribution in [0.5, 0.6) is 0 Å². The van der Waals surface area contributed by atoms with Gasteiger partial charge in [-0.15, -0.1) is 0 Å².